The fraction of sp³-hybridized carbons (Fsp3) is 0.611. The van der Waals surface area contributed by atoms with Gasteiger partial charge in [-0.1, -0.05) is 39.0 Å². The normalized spacial score (nSPS) is 22.8. The minimum atomic E-state index is 0.0566. The van der Waals surface area contributed by atoms with Gasteiger partial charge in [-0.25, -0.2) is 0 Å². The van der Waals surface area contributed by atoms with Crippen molar-refractivity contribution in [3.05, 3.63) is 29.8 Å². The first kappa shape index (κ1) is 17.0. The van der Waals surface area contributed by atoms with Crippen LogP contribution in [0.1, 0.15) is 45.1 Å². The van der Waals surface area contributed by atoms with Crippen molar-refractivity contribution in [3.8, 4) is 0 Å². The third-order valence-electron chi connectivity index (χ3n) is 4.58. The van der Waals surface area contributed by atoms with Crippen molar-refractivity contribution in [1.29, 1.82) is 0 Å². The quantitative estimate of drug-likeness (QED) is 0.879. The molecule has 0 bridgehead atoms. The van der Waals surface area contributed by atoms with Gasteiger partial charge in [0.15, 0.2) is 0 Å². The molecule has 0 radical (unpaired) electrons. The first-order chi connectivity index (χ1) is 10.5. The smallest absolute Gasteiger partial charge is 0.238 e. The van der Waals surface area contributed by atoms with Gasteiger partial charge in [0, 0.05) is 18.3 Å². The first-order valence-electron chi connectivity index (χ1n) is 8.34. The summed E-state index contributed by atoms with van der Waals surface area (Å²) >= 11 is 0. The van der Waals surface area contributed by atoms with E-state index in [0.717, 1.165) is 25.1 Å². The number of likely N-dealkylation sites (tertiary alicyclic amines) is 1. The summed E-state index contributed by atoms with van der Waals surface area (Å²) in [6, 6.07) is 8.36. The third kappa shape index (κ3) is 4.31. The highest BCUT2D eigenvalue weighted by Crippen LogP contribution is 2.24. The number of amides is 1. The van der Waals surface area contributed by atoms with Crippen molar-refractivity contribution in [2.45, 2.75) is 45.6 Å². The molecule has 1 heterocycles. The van der Waals surface area contributed by atoms with Crippen molar-refractivity contribution < 1.29 is 4.79 Å². The number of rotatable bonds is 5. The molecule has 3 N–H and O–H groups in total. The summed E-state index contributed by atoms with van der Waals surface area (Å²) in [5, 5.41) is 3.07. The van der Waals surface area contributed by atoms with Crippen LogP contribution >= 0.6 is 0 Å². The highest BCUT2D eigenvalue weighted by Gasteiger charge is 2.26. The molecular formula is C18H29N3O. The average molecular weight is 303 g/mol. The summed E-state index contributed by atoms with van der Waals surface area (Å²) in [7, 11) is 0. The number of nitrogens with zero attached hydrogens (tertiary/aromatic N) is 1. The number of anilines is 1. The minimum Gasteiger partial charge on any atom is -0.329 e. The number of nitrogens with two attached hydrogens (primary N) is 1. The monoisotopic (exact) mass is 303 g/mol. The Morgan fingerprint density at radius 2 is 2.14 bits per heavy atom. The molecule has 1 saturated heterocycles. The zero-order valence-corrected chi connectivity index (χ0v) is 14.0. The molecule has 4 heteroatoms. The zero-order valence-electron chi connectivity index (χ0n) is 14.0. The second-order valence-electron chi connectivity index (χ2n) is 6.78. The first-order valence-corrected chi connectivity index (χ1v) is 8.34. The molecule has 1 fully saturated rings. The Morgan fingerprint density at radius 3 is 2.82 bits per heavy atom. The van der Waals surface area contributed by atoms with Crippen molar-refractivity contribution >= 4 is 11.6 Å². The molecule has 1 aliphatic heterocycles. The lowest BCUT2D eigenvalue weighted by Gasteiger charge is -2.37. The zero-order chi connectivity index (χ0) is 16.1. The molecule has 2 atom stereocenters. The van der Waals surface area contributed by atoms with Gasteiger partial charge < -0.3 is 11.1 Å². The van der Waals surface area contributed by atoms with Crippen molar-refractivity contribution in [1.82, 2.24) is 4.90 Å². The highest BCUT2D eigenvalue weighted by molar-refractivity contribution is 5.93. The van der Waals surface area contributed by atoms with Crippen LogP contribution in [0, 0.1) is 5.92 Å². The Balaban J connectivity index is 1.98. The number of para-hydroxylation sites is 1. The van der Waals surface area contributed by atoms with E-state index in [2.05, 4.69) is 37.1 Å². The van der Waals surface area contributed by atoms with E-state index >= 15 is 0 Å². The maximum absolute atomic E-state index is 12.4. The fourth-order valence-corrected chi connectivity index (χ4v) is 3.24. The fourth-order valence-electron chi connectivity index (χ4n) is 3.24. The van der Waals surface area contributed by atoms with Gasteiger partial charge >= 0.3 is 0 Å². The van der Waals surface area contributed by atoms with Gasteiger partial charge in [0.25, 0.3) is 0 Å². The lowest BCUT2D eigenvalue weighted by atomic mass is 9.92. The maximum atomic E-state index is 12.4. The summed E-state index contributed by atoms with van der Waals surface area (Å²) in [5.74, 6) is 1.15. The Kier molecular flexibility index (Phi) is 5.98. The second kappa shape index (κ2) is 7.75. The lowest BCUT2D eigenvalue weighted by molar-refractivity contribution is -0.118. The van der Waals surface area contributed by atoms with E-state index in [9.17, 15) is 4.79 Å². The van der Waals surface area contributed by atoms with E-state index in [1.807, 2.05) is 18.2 Å². The summed E-state index contributed by atoms with van der Waals surface area (Å²) in [4.78, 5) is 14.6. The van der Waals surface area contributed by atoms with Crippen molar-refractivity contribution in [2.75, 3.05) is 25.0 Å². The van der Waals surface area contributed by atoms with Crippen LogP contribution in [0.2, 0.25) is 0 Å². The second-order valence-corrected chi connectivity index (χ2v) is 6.78. The van der Waals surface area contributed by atoms with Gasteiger partial charge in [-0.15, -0.1) is 0 Å². The van der Waals surface area contributed by atoms with E-state index in [1.54, 1.807) is 0 Å². The standard InChI is InChI=1S/C18H29N3O/c1-13(2)16-6-4-5-7-17(16)20-18(22)12-21-9-8-14(3)10-15(21)11-19/h4-7,13-15H,8-12,19H2,1-3H3,(H,20,22). The molecular weight excluding hydrogens is 274 g/mol. The Hall–Kier alpha value is -1.39. The molecule has 22 heavy (non-hydrogen) atoms. The predicted octanol–water partition coefficient (Wildman–Crippen LogP) is 2.81. The van der Waals surface area contributed by atoms with E-state index in [4.69, 9.17) is 5.73 Å². The average Bonchev–Trinajstić information content (AvgIpc) is 2.49. The SMILES string of the molecule is CC1CCN(CC(=O)Nc2ccccc2C(C)C)C(CN)C1. The van der Waals surface area contributed by atoms with Gasteiger partial charge in [-0.05, 0) is 42.9 Å². The predicted molar refractivity (Wildman–Crippen MR) is 92.0 cm³/mol. The van der Waals surface area contributed by atoms with Crippen LogP contribution in [-0.4, -0.2) is 36.5 Å². The van der Waals surface area contributed by atoms with Gasteiger partial charge in [0.1, 0.15) is 0 Å². The van der Waals surface area contributed by atoms with Crippen LogP contribution in [0.25, 0.3) is 0 Å². The maximum Gasteiger partial charge on any atom is 0.238 e. The number of piperidine rings is 1. The molecule has 0 aliphatic carbocycles. The molecule has 0 saturated carbocycles. The Morgan fingerprint density at radius 1 is 1.41 bits per heavy atom. The van der Waals surface area contributed by atoms with E-state index in [1.165, 1.54) is 5.56 Å². The summed E-state index contributed by atoms with van der Waals surface area (Å²) in [6.07, 6.45) is 2.23. The van der Waals surface area contributed by atoms with Gasteiger partial charge in [-0.2, -0.15) is 0 Å². The van der Waals surface area contributed by atoms with Crippen LogP contribution in [0.4, 0.5) is 5.69 Å². The van der Waals surface area contributed by atoms with E-state index in [-0.39, 0.29) is 5.91 Å². The topological polar surface area (TPSA) is 58.4 Å². The largest absolute Gasteiger partial charge is 0.329 e. The van der Waals surface area contributed by atoms with Gasteiger partial charge in [0.2, 0.25) is 5.91 Å². The van der Waals surface area contributed by atoms with Crippen LogP contribution < -0.4 is 11.1 Å². The van der Waals surface area contributed by atoms with E-state index < -0.39 is 0 Å². The molecule has 1 aliphatic rings. The van der Waals surface area contributed by atoms with Gasteiger partial charge in [0.05, 0.1) is 6.54 Å². The summed E-state index contributed by atoms with van der Waals surface area (Å²) < 4.78 is 0. The Bertz CT molecular complexity index is 501. The molecule has 1 aromatic rings. The van der Waals surface area contributed by atoms with Crippen molar-refractivity contribution in [3.63, 3.8) is 0 Å². The summed E-state index contributed by atoms with van der Waals surface area (Å²) in [6.45, 7) is 8.56. The Labute approximate surface area is 134 Å². The molecule has 0 spiro atoms. The number of nitrogens with one attached hydrogen (secondary N) is 1. The van der Waals surface area contributed by atoms with Crippen LogP contribution in [0.3, 0.4) is 0 Å². The van der Waals surface area contributed by atoms with Gasteiger partial charge in [-0.3, -0.25) is 9.69 Å². The van der Waals surface area contributed by atoms with E-state index in [0.29, 0.717) is 31.0 Å². The molecule has 1 aromatic carbocycles. The number of hydrogen-bond donors (Lipinski definition) is 2. The summed E-state index contributed by atoms with van der Waals surface area (Å²) in [5.41, 5.74) is 7.98. The number of hydrogen-bond acceptors (Lipinski definition) is 3. The molecule has 4 nitrogen and oxygen atoms in total. The minimum absolute atomic E-state index is 0.0566. The van der Waals surface area contributed by atoms with Crippen LogP contribution in [0.15, 0.2) is 24.3 Å². The molecule has 1 amide bonds. The van der Waals surface area contributed by atoms with Crippen molar-refractivity contribution in [2.24, 2.45) is 11.7 Å². The number of carbonyl (C=O) groups excluding carboxylic acids is 1. The van der Waals surface area contributed by atoms with Crippen LogP contribution in [-0.2, 0) is 4.79 Å². The number of benzene rings is 1. The van der Waals surface area contributed by atoms with Crippen LogP contribution in [0.5, 0.6) is 0 Å². The molecule has 2 unspecified atom stereocenters. The third-order valence-corrected chi connectivity index (χ3v) is 4.58. The highest BCUT2D eigenvalue weighted by atomic mass is 16.2. The molecule has 122 valence electrons. The number of carbonyl (C=O) groups is 1. The molecule has 0 aromatic heterocycles. The molecule has 2 rings (SSSR count). The lowest BCUT2D eigenvalue weighted by Crippen LogP contribution is -2.49.